The second kappa shape index (κ2) is 4.56. The fraction of sp³-hybridized carbons (Fsp3) is 0.333. The van der Waals surface area contributed by atoms with E-state index in [2.05, 4.69) is 15.1 Å². The zero-order valence-electron chi connectivity index (χ0n) is 10.5. The van der Waals surface area contributed by atoms with Gasteiger partial charge in [0.15, 0.2) is 11.5 Å². The molecule has 6 heteroatoms. The summed E-state index contributed by atoms with van der Waals surface area (Å²) in [6, 6.07) is 0. The number of hydrogen-bond donors (Lipinski definition) is 1. The number of carboxylic acid groups (broad SMARTS) is 1. The van der Waals surface area contributed by atoms with Crippen LogP contribution in [0.2, 0.25) is 0 Å². The molecule has 6 nitrogen and oxygen atoms in total. The SMILES string of the molecule is CCc1c(C)nn(-c2nccnc2C(=O)O)c1C. The number of aromatic carboxylic acids is 1. The van der Waals surface area contributed by atoms with Crippen LogP contribution in [0, 0.1) is 13.8 Å². The van der Waals surface area contributed by atoms with Crippen molar-refractivity contribution in [2.24, 2.45) is 0 Å². The molecule has 2 aromatic heterocycles. The first kappa shape index (κ1) is 12.2. The predicted octanol–water partition coefficient (Wildman–Crippen LogP) is 1.54. The number of aryl methyl sites for hydroxylation is 1. The van der Waals surface area contributed by atoms with Gasteiger partial charge in [0.05, 0.1) is 5.69 Å². The summed E-state index contributed by atoms with van der Waals surface area (Å²) in [5.41, 5.74) is 2.80. The minimum absolute atomic E-state index is 0.0919. The Morgan fingerprint density at radius 2 is 2.00 bits per heavy atom. The smallest absolute Gasteiger partial charge is 0.358 e. The van der Waals surface area contributed by atoms with Crippen molar-refractivity contribution in [3.05, 3.63) is 35.0 Å². The number of hydrogen-bond acceptors (Lipinski definition) is 4. The summed E-state index contributed by atoms with van der Waals surface area (Å²) < 4.78 is 1.55. The first-order valence-corrected chi connectivity index (χ1v) is 5.66. The number of carboxylic acids is 1. The van der Waals surface area contributed by atoms with E-state index in [9.17, 15) is 4.79 Å². The Bertz CT molecular complexity index is 604. The van der Waals surface area contributed by atoms with Gasteiger partial charge >= 0.3 is 5.97 Å². The van der Waals surface area contributed by atoms with Gasteiger partial charge in [-0.25, -0.2) is 19.4 Å². The van der Waals surface area contributed by atoms with E-state index in [1.54, 1.807) is 4.68 Å². The average molecular weight is 246 g/mol. The van der Waals surface area contributed by atoms with Crippen LogP contribution in [0.25, 0.3) is 5.82 Å². The average Bonchev–Trinajstić information content (AvgIpc) is 2.64. The standard InChI is InChI=1S/C12H14N4O2/c1-4-9-7(2)15-16(8(9)3)11-10(12(17)18)13-5-6-14-11/h5-6H,4H2,1-3H3,(H,17,18). The van der Waals surface area contributed by atoms with Gasteiger partial charge in [-0.3, -0.25) is 0 Å². The van der Waals surface area contributed by atoms with E-state index in [1.165, 1.54) is 12.4 Å². The first-order valence-electron chi connectivity index (χ1n) is 5.66. The van der Waals surface area contributed by atoms with Crippen molar-refractivity contribution in [2.45, 2.75) is 27.2 Å². The second-order valence-electron chi connectivity index (χ2n) is 3.95. The molecule has 0 unspecified atom stereocenters. The molecule has 0 aliphatic carbocycles. The monoisotopic (exact) mass is 246 g/mol. The van der Waals surface area contributed by atoms with E-state index in [0.29, 0.717) is 0 Å². The third kappa shape index (κ3) is 1.85. The summed E-state index contributed by atoms with van der Waals surface area (Å²) in [6.45, 7) is 5.84. The van der Waals surface area contributed by atoms with Crippen molar-refractivity contribution in [1.29, 1.82) is 0 Å². The molecule has 1 N–H and O–H groups in total. The molecule has 0 aliphatic heterocycles. The zero-order valence-corrected chi connectivity index (χ0v) is 10.5. The van der Waals surface area contributed by atoms with Crippen molar-refractivity contribution in [3.63, 3.8) is 0 Å². The first-order chi connectivity index (χ1) is 8.56. The Hall–Kier alpha value is -2.24. The van der Waals surface area contributed by atoms with Crippen molar-refractivity contribution in [1.82, 2.24) is 19.7 Å². The second-order valence-corrected chi connectivity index (χ2v) is 3.95. The molecule has 2 rings (SSSR count). The quantitative estimate of drug-likeness (QED) is 0.888. The molecule has 0 saturated carbocycles. The van der Waals surface area contributed by atoms with Crippen LogP contribution in [0.1, 0.15) is 34.4 Å². The molecule has 2 aromatic rings. The highest BCUT2D eigenvalue weighted by Crippen LogP contribution is 2.18. The number of aromatic nitrogens is 4. The molecule has 18 heavy (non-hydrogen) atoms. The van der Waals surface area contributed by atoms with E-state index in [-0.39, 0.29) is 11.5 Å². The minimum atomic E-state index is -1.11. The van der Waals surface area contributed by atoms with Crippen molar-refractivity contribution in [2.75, 3.05) is 0 Å². The Balaban J connectivity index is 2.66. The lowest BCUT2D eigenvalue weighted by Gasteiger charge is -2.06. The van der Waals surface area contributed by atoms with Crippen LogP contribution in [-0.4, -0.2) is 30.8 Å². The van der Waals surface area contributed by atoms with Gasteiger partial charge in [0.2, 0.25) is 0 Å². The molecule has 2 heterocycles. The largest absolute Gasteiger partial charge is 0.476 e. The molecule has 0 bridgehead atoms. The van der Waals surface area contributed by atoms with E-state index in [4.69, 9.17) is 5.11 Å². The number of rotatable bonds is 3. The van der Waals surface area contributed by atoms with E-state index in [1.807, 2.05) is 20.8 Å². The Morgan fingerprint density at radius 1 is 1.33 bits per heavy atom. The van der Waals surface area contributed by atoms with Gasteiger partial charge in [-0.2, -0.15) is 5.10 Å². The summed E-state index contributed by atoms with van der Waals surface area (Å²) in [7, 11) is 0. The van der Waals surface area contributed by atoms with Gasteiger partial charge in [0.25, 0.3) is 0 Å². The number of carbonyl (C=O) groups is 1. The fourth-order valence-corrected chi connectivity index (χ4v) is 2.03. The topological polar surface area (TPSA) is 80.9 Å². The molecule has 0 aromatic carbocycles. The lowest BCUT2D eigenvalue weighted by atomic mass is 10.1. The maximum Gasteiger partial charge on any atom is 0.358 e. The molecule has 0 fully saturated rings. The minimum Gasteiger partial charge on any atom is -0.476 e. The molecular weight excluding hydrogens is 232 g/mol. The maximum absolute atomic E-state index is 11.1. The highest BCUT2D eigenvalue weighted by molar-refractivity contribution is 5.88. The highest BCUT2D eigenvalue weighted by Gasteiger charge is 2.19. The van der Waals surface area contributed by atoms with Crippen molar-refractivity contribution in [3.8, 4) is 5.82 Å². The van der Waals surface area contributed by atoms with Crippen LogP contribution in [-0.2, 0) is 6.42 Å². The molecule has 0 atom stereocenters. The van der Waals surface area contributed by atoms with Crippen LogP contribution in [0.5, 0.6) is 0 Å². The maximum atomic E-state index is 11.1. The molecule has 0 radical (unpaired) electrons. The summed E-state index contributed by atoms with van der Waals surface area (Å²) in [6.07, 6.45) is 3.67. The third-order valence-electron chi connectivity index (χ3n) is 2.88. The van der Waals surface area contributed by atoms with Crippen LogP contribution >= 0.6 is 0 Å². The molecule has 94 valence electrons. The van der Waals surface area contributed by atoms with E-state index < -0.39 is 5.97 Å². The van der Waals surface area contributed by atoms with Gasteiger partial charge in [-0.15, -0.1) is 0 Å². The normalized spacial score (nSPS) is 10.6. The molecule has 0 saturated heterocycles. The Morgan fingerprint density at radius 3 is 2.56 bits per heavy atom. The molecular formula is C12H14N4O2. The molecule has 0 aliphatic rings. The third-order valence-corrected chi connectivity index (χ3v) is 2.88. The lowest BCUT2D eigenvalue weighted by Crippen LogP contribution is -2.12. The van der Waals surface area contributed by atoms with Gasteiger partial charge in [-0.05, 0) is 25.8 Å². The summed E-state index contributed by atoms with van der Waals surface area (Å²) in [4.78, 5) is 19.0. The van der Waals surface area contributed by atoms with Crippen LogP contribution in [0.3, 0.4) is 0 Å². The van der Waals surface area contributed by atoms with Gasteiger partial charge in [0.1, 0.15) is 0 Å². The number of nitrogens with zero attached hydrogens (tertiary/aromatic N) is 4. The zero-order chi connectivity index (χ0) is 13.3. The van der Waals surface area contributed by atoms with Gasteiger partial charge in [0, 0.05) is 18.1 Å². The summed E-state index contributed by atoms with van der Waals surface area (Å²) in [5, 5.41) is 13.5. The van der Waals surface area contributed by atoms with E-state index >= 15 is 0 Å². The van der Waals surface area contributed by atoms with Crippen molar-refractivity contribution < 1.29 is 9.90 Å². The predicted molar refractivity (Wildman–Crippen MR) is 65.0 cm³/mol. The highest BCUT2D eigenvalue weighted by atomic mass is 16.4. The fourth-order valence-electron chi connectivity index (χ4n) is 2.03. The Labute approximate surface area is 104 Å². The van der Waals surface area contributed by atoms with Crippen LogP contribution < -0.4 is 0 Å². The van der Waals surface area contributed by atoms with Gasteiger partial charge in [-0.1, -0.05) is 6.92 Å². The summed E-state index contributed by atoms with van der Waals surface area (Å²) in [5.74, 6) is -0.853. The van der Waals surface area contributed by atoms with Crippen LogP contribution in [0.15, 0.2) is 12.4 Å². The molecule has 0 amide bonds. The lowest BCUT2D eigenvalue weighted by molar-refractivity contribution is 0.0689. The van der Waals surface area contributed by atoms with E-state index in [0.717, 1.165) is 23.4 Å². The van der Waals surface area contributed by atoms with Crippen LogP contribution in [0.4, 0.5) is 0 Å². The molecule has 0 spiro atoms. The van der Waals surface area contributed by atoms with Crippen molar-refractivity contribution >= 4 is 5.97 Å². The van der Waals surface area contributed by atoms with Gasteiger partial charge < -0.3 is 5.11 Å². The summed E-state index contributed by atoms with van der Waals surface area (Å²) >= 11 is 0. The Kier molecular flexibility index (Phi) is 3.10.